The van der Waals surface area contributed by atoms with E-state index in [1.807, 2.05) is 24.3 Å². The van der Waals surface area contributed by atoms with E-state index in [1.54, 1.807) is 30.3 Å². The van der Waals surface area contributed by atoms with Crippen LogP contribution in [-0.2, 0) is 4.74 Å². The van der Waals surface area contributed by atoms with Gasteiger partial charge in [0.15, 0.2) is 0 Å². The van der Waals surface area contributed by atoms with Crippen LogP contribution >= 0.6 is 23.4 Å². The Morgan fingerprint density at radius 2 is 1.90 bits per heavy atom. The van der Waals surface area contributed by atoms with Crippen molar-refractivity contribution in [3.05, 3.63) is 81.6 Å². The van der Waals surface area contributed by atoms with Gasteiger partial charge in [-0.2, -0.15) is 9.78 Å². The highest BCUT2D eigenvalue weighted by Gasteiger charge is 2.16. The molecule has 3 aromatic rings. The van der Waals surface area contributed by atoms with Crippen molar-refractivity contribution in [3.8, 4) is 5.69 Å². The van der Waals surface area contributed by atoms with E-state index in [2.05, 4.69) is 10.4 Å². The van der Waals surface area contributed by atoms with Crippen LogP contribution in [0, 0.1) is 0 Å². The zero-order chi connectivity index (χ0) is 20.9. The van der Waals surface area contributed by atoms with Gasteiger partial charge in [0.2, 0.25) is 0 Å². The fourth-order valence-electron chi connectivity index (χ4n) is 3.13. The molecule has 30 heavy (non-hydrogen) atoms. The number of benzene rings is 2. The van der Waals surface area contributed by atoms with E-state index >= 15 is 0 Å². The van der Waals surface area contributed by atoms with Crippen molar-refractivity contribution in [2.24, 2.45) is 0 Å². The molecular formula is C22H20ClN3O3S. The third-order valence-electron chi connectivity index (χ3n) is 4.70. The minimum Gasteiger partial charge on any atom is -0.376 e. The van der Waals surface area contributed by atoms with Gasteiger partial charge >= 0.3 is 0 Å². The minimum atomic E-state index is -0.244. The lowest BCUT2D eigenvalue weighted by molar-refractivity contribution is 0.0858. The van der Waals surface area contributed by atoms with Crippen molar-refractivity contribution in [2.45, 2.75) is 28.9 Å². The predicted octanol–water partition coefficient (Wildman–Crippen LogP) is 3.95. The molecule has 1 aromatic heterocycles. The summed E-state index contributed by atoms with van der Waals surface area (Å²) in [5.41, 5.74) is 0.872. The van der Waals surface area contributed by atoms with Crippen LogP contribution in [0.3, 0.4) is 0 Å². The summed E-state index contributed by atoms with van der Waals surface area (Å²) in [6.07, 6.45) is 2.10. The summed E-state index contributed by atoms with van der Waals surface area (Å²) in [6, 6.07) is 17.4. The van der Waals surface area contributed by atoms with Gasteiger partial charge in [0.25, 0.3) is 11.5 Å². The van der Waals surface area contributed by atoms with Gasteiger partial charge in [-0.05, 0) is 67.4 Å². The largest absolute Gasteiger partial charge is 0.376 e. The summed E-state index contributed by atoms with van der Waals surface area (Å²) in [4.78, 5) is 25.6. The number of carbonyl (C=O) groups excluding carboxylic acids is 1. The summed E-state index contributed by atoms with van der Waals surface area (Å²) in [5.74, 6) is -0.163. The molecule has 2 aromatic carbocycles. The zero-order valence-corrected chi connectivity index (χ0v) is 17.7. The highest BCUT2D eigenvalue weighted by atomic mass is 35.5. The molecule has 1 N–H and O–H groups in total. The number of rotatable bonds is 6. The molecule has 0 bridgehead atoms. The molecule has 0 aliphatic carbocycles. The van der Waals surface area contributed by atoms with Crippen molar-refractivity contribution < 1.29 is 9.53 Å². The smallest absolute Gasteiger partial charge is 0.271 e. The molecule has 8 heteroatoms. The first-order valence-electron chi connectivity index (χ1n) is 9.62. The maximum Gasteiger partial charge on any atom is 0.271 e. The molecule has 154 valence electrons. The molecule has 2 heterocycles. The van der Waals surface area contributed by atoms with E-state index in [0.29, 0.717) is 27.8 Å². The summed E-state index contributed by atoms with van der Waals surface area (Å²) in [5, 5.41) is 8.67. The van der Waals surface area contributed by atoms with Crippen LogP contribution in [-0.4, -0.2) is 34.9 Å². The number of nitrogens with zero attached hydrogens (tertiary/aromatic N) is 2. The third kappa shape index (κ3) is 5.11. The molecule has 6 nitrogen and oxygen atoms in total. The lowest BCUT2D eigenvalue weighted by Crippen LogP contribution is -2.31. The van der Waals surface area contributed by atoms with Gasteiger partial charge in [-0.1, -0.05) is 23.4 Å². The quantitative estimate of drug-likeness (QED) is 0.627. The lowest BCUT2D eigenvalue weighted by Gasteiger charge is -2.11. The Morgan fingerprint density at radius 3 is 2.60 bits per heavy atom. The number of halogens is 1. The maximum absolute atomic E-state index is 12.3. The van der Waals surface area contributed by atoms with E-state index < -0.39 is 0 Å². The van der Waals surface area contributed by atoms with Crippen molar-refractivity contribution >= 4 is 29.3 Å². The third-order valence-corrected chi connectivity index (χ3v) is 5.89. The van der Waals surface area contributed by atoms with Crippen LogP contribution in [0.25, 0.3) is 5.69 Å². The van der Waals surface area contributed by atoms with Crippen LogP contribution in [0.15, 0.2) is 75.4 Å². The Hall–Kier alpha value is -2.61. The Balaban J connectivity index is 1.47. The average molecular weight is 442 g/mol. The topological polar surface area (TPSA) is 73.2 Å². The summed E-state index contributed by atoms with van der Waals surface area (Å²) in [6.45, 7) is 1.26. The standard InChI is InChI=1S/C22H20ClN3O3S/c23-16-5-9-19(10-6-16)30-20-11-12-21(27)26(25-20)17-7-3-15(4-8-17)22(28)24-14-18-2-1-13-29-18/h3-12,18H,1-2,13-14H2,(H,24,28). The molecule has 1 unspecified atom stereocenters. The number of aromatic nitrogens is 2. The first-order chi connectivity index (χ1) is 14.6. The number of hydrogen-bond acceptors (Lipinski definition) is 5. The first kappa shape index (κ1) is 20.7. The summed E-state index contributed by atoms with van der Waals surface area (Å²) in [7, 11) is 0. The number of nitrogens with one attached hydrogen (secondary N) is 1. The van der Waals surface area contributed by atoms with E-state index in [4.69, 9.17) is 16.3 Å². The molecule has 1 saturated heterocycles. The van der Waals surface area contributed by atoms with Crippen molar-refractivity contribution in [3.63, 3.8) is 0 Å². The maximum atomic E-state index is 12.3. The van der Waals surface area contributed by atoms with Crippen LogP contribution in [0.4, 0.5) is 0 Å². The van der Waals surface area contributed by atoms with Gasteiger partial charge in [-0.3, -0.25) is 9.59 Å². The second-order valence-electron chi connectivity index (χ2n) is 6.87. The number of ether oxygens (including phenoxy) is 1. The molecule has 1 fully saturated rings. The fraction of sp³-hybridized carbons (Fsp3) is 0.227. The molecule has 1 amide bonds. The van der Waals surface area contributed by atoms with Gasteiger partial charge in [-0.15, -0.1) is 0 Å². The molecule has 1 aliphatic heterocycles. The Kier molecular flexibility index (Phi) is 6.52. The zero-order valence-electron chi connectivity index (χ0n) is 16.1. The normalized spacial score (nSPS) is 15.8. The second-order valence-corrected chi connectivity index (χ2v) is 8.40. The fourth-order valence-corrected chi connectivity index (χ4v) is 4.02. The molecular weight excluding hydrogens is 422 g/mol. The average Bonchev–Trinajstić information content (AvgIpc) is 3.29. The monoisotopic (exact) mass is 441 g/mol. The van der Waals surface area contributed by atoms with Crippen LogP contribution in [0.5, 0.6) is 0 Å². The molecule has 1 atom stereocenters. The van der Waals surface area contributed by atoms with Crippen molar-refractivity contribution in [1.29, 1.82) is 0 Å². The number of hydrogen-bond donors (Lipinski definition) is 1. The van der Waals surface area contributed by atoms with Gasteiger partial charge in [0, 0.05) is 34.7 Å². The Morgan fingerprint density at radius 1 is 1.13 bits per heavy atom. The van der Waals surface area contributed by atoms with Crippen LogP contribution in [0.1, 0.15) is 23.2 Å². The Labute approximate surface area is 183 Å². The number of carbonyl (C=O) groups is 1. The molecule has 0 radical (unpaired) electrons. The predicted molar refractivity (Wildman–Crippen MR) is 117 cm³/mol. The number of amides is 1. The molecule has 4 rings (SSSR count). The van der Waals surface area contributed by atoms with E-state index in [-0.39, 0.29) is 17.6 Å². The highest BCUT2D eigenvalue weighted by Crippen LogP contribution is 2.26. The van der Waals surface area contributed by atoms with E-state index in [9.17, 15) is 9.59 Å². The highest BCUT2D eigenvalue weighted by molar-refractivity contribution is 7.99. The van der Waals surface area contributed by atoms with Gasteiger partial charge in [-0.25, -0.2) is 0 Å². The molecule has 0 saturated carbocycles. The van der Waals surface area contributed by atoms with Gasteiger partial charge < -0.3 is 10.1 Å². The summed E-state index contributed by atoms with van der Waals surface area (Å²) < 4.78 is 6.85. The minimum absolute atomic E-state index is 0.0943. The lowest BCUT2D eigenvalue weighted by atomic mass is 10.2. The van der Waals surface area contributed by atoms with Crippen LogP contribution < -0.4 is 10.9 Å². The van der Waals surface area contributed by atoms with Gasteiger partial charge in [0.05, 0.1) is 11.8 Å². The van der Waals surface area contributed by atoms with Crippen molar-refractivity contribution in [2.75, 3.05) is 13.2 Å². The van der Waals surface area contributed by atoms with Crippen molar-refractivity contribution in [1.82, 2.24) is 15.1 Å². The molecule has 1 aliphatic rings. The first-order valence-corrected chi connectivity index (χ1v) is 10.8. The summed E-state index contributed by atoms with van der Waals surface area (Å²) >= 11 is 7.36. The second kappa shape index (κ2) is 9.47. The Bertz CT molecular complexity index is 1080. The van der Waals surface area contributed by atoms with E-state index in [0.717, 1.165) is 24.3 Å². The molecule has 0 spiro atoms. The van der Waals surface area contributed by atoms with Crippen LogP contribution in [0.2, 0.25) is 5.02 Å². The SMILES string of the molecule is O=C(NCC1CCCO1)c1ccc(-n2nc(Sc3ccc(Cl)cc3)ccc2=O)cc1. The van der Waals surface area contributed by atoms with E-state index in [1.165, 1.54) is 22.5 Å². The van der Waals surface area contributed by atoms with Gasteiger partial charge in [0.1, 0.15) is 5.03 Å².